The second-order valence-corrected chi connectivity index (χ2v) is 5.48. The fraction of sp³-hybridized carbons (Fsp3) is 0.143. The highest BCUT2D eigenvalue weighted by atomic mass is 79.9. The lowest BCUT2D eigenvalue weighted by molar-refractivity contribution is 0.860. The number of fused-ring (bicyclic) bond motifs is 1. The summed E-state index contributed by atoms with van der Waals surface area (Å²) >= 11 is 3.47. The Morgan fingerprint density at radius 2 is 2.11 bits per heavy atom. The molecular formula is C14H12BrN3O. The summed E-state index contributed by atoms with van der Waals surface area (Å²) in [6.07, 6.45) is 1.74. The minimum absolute atomic E-state index is 0.0455. The van der Waals surface area contributed by atoms with Crippen molar-refractivity contribution >= 4 is 27.0 Å². The molecule has 4 nitrogen and oxygen atoms in total. The largest absolute Gasteiger partial charge is 0.338 e. The minimum atomic E-state index is -0.0455. The van der Waals surface area contributed by atoms with E-state index in [4.69, 9.17) is 0 Å². The van der Waals surface area contributed by atoms with Gasteiger partial charge in [-0.25, -0.2) is 4.98 Å². The molecule has 0 spiro atoms. The molecule has 1 N–H and O–H groups in total. The van der Waals surface area contributed by atoms with Crippen molar-refractivity contribution in [3.8, 4) is 11.4 Å². The maximum atomic E-state index is 11.7. The fourth-order valence-corrected chi connectivity index (χ4v) is 2.65. The van der Waals surface area contributed by atoms with Crippen LogP contribution in [-0.2, 0) is 7.05 Å². The number of halogens is 1. The Kier molecular flexibility index (Phi) is 2.78. The van der Waals surface area contributed by atoms with Gasteiger partial charge in [0.05, 0.1) is 11.0 Å². The van der Waals surface area contributed by atoms with E-state index in [1.165, 1.54) is 4.57 Å². The Morgan fingerprint density at radius 1 is 1.32 bits per heavy atom. The van der Waals surface area contributed by atoms with Gasteiger partial charge in [-0.3, -0.25) is 4.79 Å². The third kappa shape index (κ3) is 2.10. The zero-order valence-electron chi connectivity index (χ0n) is 10.6. The Bertz CT molecular complexity index is 832. The molecule has 0 fully saturated rings. The first-order valence-corrected chi connectivity index (χ1v) is 6.67. The zero-order valence-corrected chi connectivity index (χ0v) is 12.2. The van der Waals surface area contributed by atoms with E-state index in [0.717, 1.165) is 26.6 Å². The lowest BCUT2D eigenvalue weighted by Gasteiger charge is -1.98. The highest BCUT2D eigenvalue weighted by molar-refractivity contribution is 9.10. The number of aromatic amines is 1. The molecule has 0 aliphatic rings. The summed E-state index contributed by atoms with van der Waals surface area (Å²) in [4.78, 5) is 19.5. The summed E-state index contributed by atoms with van der Waals surface area (Å²) in [7, 11) is 1.73. The van der Waals surface area contributed by atoms with Crippen molar-refractivity contribution in [2.24, 2.45) is 7.05 Å². The lowest BCUT2D eigenvalue weighted by Crippen LogP contribution is -2.14. The van der Waals surface area contributed by atoms with Crippen LogP contribution in [0.1, 0.15) is 5.56 Å². The van der Waals surface area contributed by atoms with Crippen LogP contribution in [0.5, 0.6) is 0 Å². The van der Waals surface area contributed by atoms with Crippen LogP contribution in [0, 0.1) is 6.92 Å². The molecule has 0 unspecified atom stereocenters. The second kappa shape index (κ2) is 4.35. The quantitative estimate of drug-likeness (QED) is 0.750. The van der Waals surface area contributed by atoms with Gasteiger partial charge in [0.2, 0.25) is 0 Å². The maximum absolute atomic E-state index is 11.7. The normalized spacial score (nSPS) is 11.1. The number of rotatable bonds is 1. The zero-order chi connectivity index (χ0) is 13.6. The minimum Gasteiger partial charge on any atom is -0.338 e. The van der Waals surface area contributed by atoms with E-state index in [2.05, 4.69) is 25.9 Å². The van der Waals surface area contributed by atoms with Gasteiger partial charge >= 0.3 is 0 Å². The molecule has 0 aliphatic carbocycles. The van der Waals surface area contributed by atoms with Crippen LogP contribution in [0.15, 0.2) is 39.7 Å². The highest BCUT2D eigenvalue weighted by Gasteiger charge is 2.08. The topological polar surface area (TPSA) is 50.7 Å². The average Bonchev–Trinajstić information content (AvgIpc) is 2.76. The van der Waals surface area contributed by atoms with Gasteiger partial charge in [-0.15, -0.1) is 0 Å². The SMILES string of the molecule is Cc1cc(Br)cc2[nH]c(-c3ccn(C)c(=O)c3)nc12. The predicted octanol–water partition coefficient (Wildman–Crippen LogP) is 3.00. The van der Waals surface area contributed by atoms with Gasteiger partial charge < -0.3 is 9.55 Å². The monoisotopic (exact) mass is 317 g/mol. The summed E-state index contributed by atoms with van der Waals surface area (Å²) < 4.78 is 2.55. The van der Waals surface area contributed by atoms with Crippen LogP contribution >= 0.6 is 15.9 Å². The van der Waals surface area contributed by atoms with Crippen LogP contribution < -0.4 is 5.56 Å². The third-order valence-corrected chi connectivity index (χ3v) is 3.58. The summed E-state index contributed by atoms with van der Waals surface area (Å²) in [5.41, 5.74) is 3.74. The smallest absolute Gasteiger partial charge is 0.250 e. The standard InChI is InChI=1S/C14H12BrN3O/c1-8-5-10(15)7-11-13(8)17-14(16-11)9-3-4-18(2)12(19)6-9/h3-7H,1-2H3,(H,16,17). The highest BCUT2D eigenvalue weighted by Crippen LogP contribution is 2.25. The average molecular weight is 318 g/mol. The number of benzene rings is 1. The molecular weight excluding hydrogens is 306 g/mol. The molecule has 3 rings (SSSR count). The van der Waals surface area contributed by atoms with Gasteiger partial charge in [0.1, 0.15) is 5.82 Å². The fourth-order valence-electron chi connectivity index (χ4n) is 2.08. The van der Waals surface area contributed by atoms with Gasteiger partial charge in [0, 0.05) is 29.3 Å². The molecule has 0 saturated heterocycles. The van der Waals surface area contributed by atoms with E-state index < -0.39 is 0 Å². The summed E-state index contributed by atoms with van der Waals surface area (Å²) in [5.74, 6) is 0.717. The second-order valence-electron chi connectivity index (χ2n) is 4.57. The number of aryl methyl sites for hydroxylation is 2. The van der Waals surface area contributed by atoms with E-state index in [1.54, 1.807) is 19.3 Å². The Labute approximate surface area is 118 Å². The van der Waals surface area contributed by atoms with Crippen molar-refractivity contribution in [1.82, 2.24) is 14.5 Å². The first-order chi connectivity index (χ1) is 9.04. The van der Waals surface area contributed by atoms with Gasteiger partial charge in [-0.1, -0.05) is 15.9 Å². The molecule has 0 aliphatic heterocycles. The van der Waals surface area contributed by atoms with Gasteiger partial charge in [0.15, 0.2) is 0 Å². The van der Waals surface area contributed by atoms with Crippen LogP contribution in [0.2, 0.25) is 0 Å². The van der Waals surface area contributed by atoms with Crippen LogP contribution in [0.3, 0.4) is 0 Å². The first kappa shape index (κ1) is 12.2. The predicted molar refractivity (Wildman–Crippen MR) is 79.2 cm³/mol. The van der Waals surface area contributed by atoms with Crippen LogP contribution in [0.25, 0.3) is 22.4 Å². The molecule has 0 radical (unpaired) electrons. The number of nitrogens with zero attached hydrogens (tertiary/aromatic N) is 2. The number of hydrogen-bond acceptors (Lipinski definition) is 2. The first-order valence-electron chi connectivity index (χ1n) is 5.87. The number of imidazole rings is 1. The molecule has 0 saturated carbocycles. The molecule has 3 aromatic rings. The van der Waals surface area contributed by atoms with E-state index in [9.17, 15) is 4.79 Å². The van der Waals surface area contributed by atoms with Crippen molar-refractivity contribution in [3.63, 3.8) is 0 Å². The van der Waals surface area contributed by atoms with Crippen molar-refractivity contribution in [3.05, 3.63) is 50.9 Å². The number of aromatic nitrogens is 3. The molecule has 19 heavy (non-hydrogen) atoms. The molecule has 0 amide bonds. The number of pyridine rings is 1. The number of H-pyrrole nitrogens is 1. The van der Waals surface area contributed by atoms with Crippen molar-refractivity contribution in [1.29, 1.82) is 0 Å². The summed E-state index contributed by atoms with van der Waals surface area (Å²) in [6.45, 7) is 2.02. The maximum Gasteiger partial charge on any atom is 0.250 e. The molecule has 2 aromatic heterocycles. The van der Waals surface area contributed by atoms with E-state index in [1.807, 2.05) is 25.1 Å². The molecule has 96 valence electrons. The molecule has 2 heterocycles. The van der Waals surface area contributed by atoms with Gasteiger partial charge in [0.25, 0.3) is 5.56 Å². The van der Waals surface area contributed by atoms with Crippen LogP contribution in [0.4, 0.5) is 0 Å². The Hall–Kier alpha value is -1.88. The lowest BCUT2D eigenvalue weighted by atomic mass is 10.2. The summed E-state index contributed by atoms with van der Waals surface area (Å²) in [6, 6.07) is 7.47. The van der Waals surface area contributed by atoms with Crippen molar-refractivity contribution < 1.29 is 0 Å². The van der Waals surface area contributed by atoms with Crippen molar-refractivity contribution in [2.45, 2.75) is 6.92 Å². The van der Waals surface area contributed by atoms with E-state index in [0.29, 0.717) is 5.82 Å². The van der Waals surface area contributed by atoms with Gasteiger partial charge in [-0.05, 0) is 30.7 Å². The summed E-state index contributed by atoms with van der Waals surface area (Å²) in [5, 5.41) is 0. The molecule has 0 atom stereocenters. The molecule has 0 bridgehead atoms. The Balaban J connectivity index is 2.23. The molecule has 1 aromatic carbocycles. The van der Waals surface area contributed by atoms with E-state index >= 15 is 0 Å². The molecule has 5 heteroatoms. The Morgan fingerprint density at radius 3 is 2.84 bits per heavy atom. The number of nitrogens with one attached hydrogen (secondary N) is 1. The van der Waals surface area contributed by atoms with E-state index in [-0.39, 0.29) is 5.56 Å². The third-order valence-electron chi connectivity index (χ3n) is 3.12. The number of hydrogen-bond donors (Lipinski definition) is 1. The van der Waals surface area contributed by atoms with Crippen molar-refractivity contribution in [2.75, 3.05) is 0 Å². The van der Waals surface area contributed by atoms with Crippen LogP contribution in [-0.4, -0.2) is 14.5 Å². The van der Waals surface area contributed by atoms with Gasteiger partial charge in [-0.2, -0.15) is 0 Å².